The fraction of sp³-hybridized carbons (Fsp3) is 0.600. The molecule has 0 bridgehead atoms. The molecule has 2 rings (SSSR count). The highest BCUT2D eigenvalue weighted by Gasteiger charge is 2.23. The van der Waals surface area contributed by atoms with Gasteiger partial charge in [0.15, 0.2) is 5.82 Å². The minimum atomic E-state index is 0.273. The van der Waals surface area contributed by atoms with Crippen LogP contribution in [0.4, 0.5) is 10.8 Å². The Morgan fingerprint density at radius 2 is 2.56 bits per heavy atom. The van der Waals surface area contributed by atoms with Gasteiger partial charge in [-0.2, -0.15) is 9.64 Å². The van der Waals surface area contributed by atoms with E-state index in [1.165, 1.54) is 11.5 Å². The van der Waals surface area contributed by atoms with E-state index in [2.05, 4.69) is 22.7 Å². The molecule has 1 aliphatic heterocycles. The summed E-state index contributed by atoms with van der Waals surface area (Å²) in [6.45, 7) is 3.70. The lowest BCUT2D eigenvalue weighted by atomic mass is 10.0. The van der Waals surface area contributed by atoms with Crippen molar-refractivity contribution in [3.8, 4) is 6.07 Å². The van der Waals surface area contributed by atoms with Crippen LogP contribution >= 0.6 is 11.5 Å². The lowest BCUT2D eigenvalue weighted by Gasteiger charge is -2.19. The Morgan fingerprint density at radius 1 is 1.75 bits per heavy atom. The molecule has 2 unspecified atom stereocenters. The highest BCUT2D eigenvalue weighted by molar-refractivity contribution is 7.10. The number of nitrogens with zero attached hydrogens (tertiary/aromatic N) is 2. The molecule has 1 aromatic rings. The molecule has 2 atom stereocenters. The van der Waals surface area contributed by atoms with Crippen molar-refractivity contribution in [2.24, 2.45) is 5.92 Å². The first-order valence-corrected chi connectivity index (χ1v) is 5.99. The summed E-state index contributed by atoms with van der Waals surface area (Å²) in [6.07, 6.45) is 1.06. The van der Waals surface area contributed by atoms with Gasteiger partial charge in [0.2, 0.25) is 0 Å². The van der Waals surface area contributed by atoms with Gasteiger partial charge in [0.25, 0.3) is 0 Å². The van der Waals surface area contributed by atoms with Crippen LogP contribution in [0.5, 0.6) is 0 Å². The number of nitrogen functional groups attached to an aromatic ring is 1. The van der Waals surface area contributed by atoms with Gasteiger partial charge in [-0.25, -0.2) is 0 Å². The molecule has 0 spiro atoms. The van der Waals surface area contributed by atoms with E-state index in [1.54, 1.807) is 0 Å². The zero-order valence-electron chi connectivity index (χ0n) is 9.06. The van der Waals surface area contributed by atoms with Gasteiger partial charge >= 0.3 is 0 Å². The second kappa shape index (κ2) is 4.68. The van der Waals surface area contributed by atoms with E-state index >= 15 is 0 Å². The molecule has 1 fully saturated rings. The van der Waals surface area contributed by atoms with Crippen LogP contribution in [-0.4, -0.2) is 23.6 Å². The first-order valence-electron chi connectivity index (χ1n) is 5.22. The fourth-order valence-electron chi connectivity index (χ4n) is 1.78. The molecule has 86 valence electrons. The molecular weight excluding hydrogens is 224 g/mol. The Morgan fingerprint density at radius 3 is 3.19 bits per heavy atom. The van der Waals surface area contributed by atoms with Gasteiger partial charge < -0.3 is 15.8 Å². The summed E-state index contributed by atoms with van der Waals surface area (Å²) in [4.78, 5) is 0. The van der Waals surface area contributed by atoms with Gasteiger partial charge in [0, 0.05) is 18.6 Å². The van der Waals surface area contributed by atoms with Crippen LogP contribution in [0.25, 0.3) is 0 Å². The molecule has 16 heavy (non-hydrogen) atoms. The number of rotatable bonds is 3. The molecule has 0 radical (unpaired) electrons. The van der Waals surface area contributed by atoms with Crippen molar-refractivity contribution >= 4 is 22.4 Å². The zero-order chi connectivity index (χ0) is 11.5. The van der Waals surface area contributed by atoms with Gasteiger partial charge in [-0.3, -0.25) is 0 Å². The number of aromatic nitrogens is 1. The predicted octanol–water partition coefficient (Wildman–Crippen LogP) is 1.43. The van der Waals surface area contributed by atoms with Crippen LogP contribution in [-0.2, 0) is 4.74 Å². The maximum atomic E-state index is 8.94. The van der Waals surface area contributed by atoms with Crippen LogP contribution in [0.15, 0.2) is 0 Å². The van der Waals surface area contributed by atoms with Crippen LogP contribution in [0, 0.1) is 17.2 Å². The maximum absolute atomic E-state index is 8.94. The molecule has 0 saturated carbocycles. The Labute approximate surface area is 98.4 Å². The van der Waals surface area contributed by atoms with Crippen molar-refractivity contribution in [1.82, 2.24) is 4.37 Å². The smallest absolute Gasteiger partial charge is 0.157 e. The first kappa shape index (κ1) is 11.2. The molecule has 0 aliphatic carbocycles. The summed E-state index contributed by atoms with van der Waals surface area (Å²) in [6, 6.07) is 2.34. The third kappa shape index (κ3) is 2.10. The summed E-state index contributed by atoms with van der Waals surface area (Å²) in [5, 5.41) is 13.0. The number of ether oxygens (including phenoxy) is 1. The highest BCUT2D eigenvalue weighted by atomic mass is 32.1. The summed E-state index contributed by atoms with van der Waals surface area (Å²) in [5.41, 5.74) is 6.05. The van der Waals surface area contributed by atoms with E-state index in [0.29, 0.717) is 17.3 Å². The number of nitriles is 1. The fourth-order valence-corrected chi connectivity index (χ4v) is 2.54. The Balaban J connectivity index is 2.05. The number of nitrogens with two attached hydrogens (primary N) is 1. The molecule has 0 aromatic carbocycles. The first-order chi connectivity index (χ1) is 7.72. The van der Waals surface area contributed by atoms with Gasteiger partial charge in [0.1, 0.15) is 16.6 Å². The average molecular weight is 238 g/mol. The van der Waals surface area contributed by atoms with E-state index < -0.39 is 0 Å². The highest BCUT2D eigenvalue weighted by Crippen LogP contribution is 2.28. The minimum absolute atomic E-state index is 0.273. The summed E-state index contributed by atoms with van der Waals surface area (Å²) in [7, 11) is 0. The predicted molar refractivity (Wildman–Crippen MR) is 63.3 cm³/mol. The van der Waals surface area contributed by atoms with Crippen molar-refractivity contribution in [2.75, 3.05) is 24.3 Å². The monoisotopic (exact) mass is 238 g/mol. The van der Waals surface area contributed by atoms with Crippen LogP contribution in [0.1, 0.15) is 18.9 Å². The van der Waals surface area contributed by atoms with Crippen molar-refractivity contribution in [1.29, 1.82) is 5.26 Å². The number of hydrogen-bond donors (Lipinski definition) is 2. The molecule has 0 amide bonds. The molecule has 3 N–H and O–H groups in total. The lowest BCUT2D eigenvalue weighted by molar-refractivity contribution is 0.183. The van der Waals surface area contributed by atoms with Crippen LogP contribution in [0.2, 0.25) is 0 Å². The quantitative estimate of drug-likeness (QED) is 0.832. The van der Waals surface area contributed by atoms with E-state index in [9.17, 15) is 0 Å². The lowest BCUT2D eigenvalue weighted by Crippen LogP contribution is -2.26. The average Bonchev–Trinajstić information content (AvgIpc) is 2.88. The molecule has 1 saturated heterocycles. The molecule has 1 aromatic heterocycles. The van der Waals surface area contributed by atoms with Gasteiger partial charge in [0.05, 0.1) is 6.61 Å². The summed E-state index contributed by atoms with van der Waals surface area (Å²) < 4.78 is 9.31. The second-order valence-electron chi connectivity index (χ2n) is 3.94. The van der Waals surface area contributed by atoms with E-state index in [0.717, 1.165) is 24.6 Å². The van der Waals surface area contributed by atoms with Gasteiger partial charge in [-0.15, -0.1) is 0 Å². The van der Waals surface area contributed by atoms with Gasteiger partial charge in [-0.1, -0.05) is 0 Å². The SMILES string of the molecule is CC(Nc1snc(N)c1C#N)C1CCOC1. The summed E-state index contributed by atoms with van der Waals surface area (Å²) in [5.74, 6) is 0.805. The molecule has 6 heteroatoms. The van der Waals surface area contributed by atoms with Crippen molar-refractivity contribution in [2.45, 2.75) is 19.4 Å². The second-order valence-corrected chi connectivity index (χ2v) is 4.71. The van der Waals surface area contributed by atoms with Crippen molar-refractivity contribution in [3.05, 3.63) is 5.56 Å². The van der Waals surface area contributed by atoms with E-state index in [-0.39, 0.29) is 6.04 Å². The zero-order valence-corrected chi connectivity index (χ0v) is 9.88. The molecule has 1 aliphatic rings. The Bertz CT molecular complexity index is 405. The normalized spacial score (nSPS) is 21.6. The van der Waals surface area contributed by atoms with E-state index in [1.807, 2.05) is 0 Å². The Hall–Kier alpha value is -1.32. The summed E-state index contributed by atoms with van der Waals surface area (Å²) >= 11 is 1.24. The third-order valence-corrected chi connectivity index (χ3v) is 3.65. The minimum Gasteiger partial charge on any atom is -0.382 e. The largest absolute Gasteiger partial charge is 0.382 e. The van der Waals surface area contributed by atoms with Gasteiger partial charge in [-0.05, 0) is 24.9 Å². The molecule has 2 heterocycles. The number of anilines is 2. The van der Waals surface area contributed by atoms with Crippen LogP contribution < -0.4 is 11.1 Å². The van der Waals surface area contributed by atoms with E-state index in [4.69, 9.17) is 15.7 Å². The maximum Gasteiger partial charge on any atom is 0.157 e. The Kier molecular flexibility index (Phi) is 3.27. The van der Waals surface area contributed by atoms with Crippen molar-refractivity contribution < 1.29 is 4.74 Å². The number of nitrogens with one attached hydrogen (secondary N) is 1. The molecular formula is C10H14N4OS. The van der Waals surface area contributed by atoms with Crippen LogP contribution in [0.3, 0.4) is 0 Å². The topological polar surface area (TPSA) is 84.0 Å². The van der Waals surface area contributed by atoms with Crippen molar-refractivity contribution in [3.63, 3.8) is 0 Å². The number of hydrogen-bond acceptors (Lipinski definition) is 6. The molecule has 5 nitrogen and oxygen atoms in total. The standard InChI is InChI=1S/C10H14N4OS/c1-6(7-2-3-15-5-7)13-10-8(4-11)9(12)14-16-10/h6-7,13H,2-3,5H2,1H3,(H2,12,14). The third-order valence-electron chi connectivity index (χ3n) is 2.86.